The van der Waals surface area contributed by atoms with Crippen LogP contribution in [-0.4, -0.2) is 0 Å². The lowest BCUT2D eigenvalue weighted by Crippen LogP contribution is -2.24. The van der Waals surface area contributed by atoms with Gasteiger partial charge < -0.3 is 0 Å². The van der Waals surface area contributed by atoms with E-state index < -0.39 is 23.5 Å². The Bertz CT molecular complexity index is 2070. The van der Waals surface area contributed by atoms with Crippen LogP contribution in [0.15, 0.2) is 90.5 Å². The lowest BCUT2D eigenvalue weighted by molar-refractivity contribution is -0.138. The quantitative estimate of drug-likeness (QED) is 0.158. The zero-order valence-electron chi connectivity index (χ0n) is 28.6. The molecule has 0 aromatic heterocycles. The molecule has 2 aliphatic carbocycles. The van der Waals surface area contributed by atoms with Gasteiger partial charge in [-0.1, -0.05) is 101 Å². The van der Waals surface area contributed by atoms with Crippen LogP contribution in [0.1, 0.15) is 91.5 Å². The van der Waals surface area contributed by atoms with Gasteiger partial charge in [-0.2, -0.15) is 26.3 Å². The van der Waals surface area contributed by atoms with Gasteiger partial charge in [0.1, 0.15) is 0 Å². The van der Waals surface area contributed by atoms with Crippen molar-refractivity contribution in [3.05, 3.63) is 145 Å². The highest BCUT2D eigenvalue weighted by atomic mass is 19.4. The molecule has 0 fully saturated rings. The second-order valence-electron chi connectivity index (χ2n) is 14.4. The smallest absolute Gasteiger partial charge is 0.166 e. The maximum atomic E-state index is 14.1. The molecule has 49 heavy (non-hydrogen) atoms. The minimum atomic E-state index is -4.63. The lowest BCUT2D eigenvalue weighted by atomic mass is 9.83. The van der Waals surface area contributed by atoms with Crippen LogP contribution in [0.4, 0.5) is 26.3 Å². The van der Waals surface area contributed by atoms with Crippen molar-refractivity contribution in [2.45, 2.75) is 73.2 Å². The molecule has 0 spiro atoms. The first-order valence-electron chi connectivity index (χ1n) is 16.8. The summed E-state index contributed by atoms with van der Waals surface area (Å²) >= 11 is 0. The predicted octanol–water partition coefficient (Wildman–Crippen LogP) is 11.6. The summed E-state index contributed by atoms with van der Waals surface area (Å²) in [6.07, 6.45) is 0.521. The number of aryl methyl sites for hydroxylation is 1. The summed E-state index contributed by atoms with van der Waals surface area (Å²) in [6, 6.07) is 18.0. The van der Waals surface area contributed by atoms with E-state index in [1.807, 2.05) is 26.0 Å². The van der Waals surface area contributed by atoms with Crippen LogP contribution in [0.25, 0.3) is 28.3 Å². The third kappa shape index (κ3) is 6.67. The fourth-order valence-corrected chi connectivity index (χ4v) is 7.20. The average Bonchev–Trinajstić information content (AvgIpc) is 3.61. The molecule has 0 N–H and O–H groups in total. The van der Waals surface area contributed by atoms with Crippen molar-refractivity contribution in [3.8, 4) is 11.1 Å². The predicted molar refractivity (Wildman–Crippen MR) is 187 cm³/mol. The van der Waals surface area contributed by atoms with E-state index in [-0.39, 0.29) is 22.5 Å². The summed E-state index contributed by atoms with van der Waals surface area (Å²) in [4.78, 5) is 0. The summed E-state index contributed by atoms with van der Waals surface area (Å²) in [7, 11) is 0. The molecule has 0 amide bonds. The molecule has 6 rings (SSSR count). The fraction of sp³-hybridized carbons (Fsp3) is 0.302. The van der Waals surface area contributed by atoms with Gasteiger partial charge in [0.15, 0.2) is 0 Å². The number of unbranched alkanes of at least 4 members (excludes halogenated alkanes) is 1. The van der Waals surface area contributed by atoms with Gasteiger partial charge in [-0.3, -0.25) is 0 Å². The fourth-order valence-electron chi connectivity index (χ4n) is 7.20. The van der Waals surface area contributed by atoms with E-state index in [2.05, 4.69) is 58.1 Å². The molecule has 0 radical (unpaired) electrons. The normalized spacial score (nSPS) is 15.8. The van der Waals surface area contributed by atoms with E-state index in [9.17, 15) is 26.3 Å². The molecule has 254 valence electrons. The molecule has 0 bridgehead atoms. The van der Waals surface area contributed by atoms with E-state index in [1.54, 1.807) is 12.1 Å². The number of hydrogen-bond donors (Lipinski definition) is 0. The van der Waals surface area contributed by atoms with Gasteiger partial charge in [-0.05, 0) is 128 Å². The number of hydrogen-bond acceptors (Lipinski definition) is 0. The van der Waals surface area contributed by atoms with Gasteiger partial charge in [-0.15, -0.1) is 0 Å². The van der Waals surface area contributed by atoms with Crippen LogP contribution < -0.4 is 10.4 Å². The highest BCUT2D eigenvalue weighted by Crippen LogP contribution is 2.43. The molecule has 1 unspecified atom stereocenters. The molecular weight excluding hydrogens is 630 g/mol. The Kier molecular flexibility index (Phi) is 8.83. The number of allylic oxidation sites excluding steroid dienone is 4. The summed E-state index contributed by atoms with van der Waals surface area (Å²) < 4.78 is 84.5. The standard InChI is InChI=1S/C43H40F6/c1-7-8-11-27-19-33(41(4,5)6)23-36(27)39-26(3)35(24-37-34-17-16-25(2)18-30(34)22-38(37)39)40(28-12-9-14-31(20-28)42(44,45)46)29-13-10-15-32(21-29)43(47,48)49/h9-10,12-24,27H,7-8,11H2,1-6H3. The van der Waals surface area contributed by atoms with Crippen LogP contribution in [0.5, 0.6) is 0 Å². The van der Waals surface area contributed by atoms with E-state index >= 15 is 0 Å². The number of alkyl halides is 6. The van der Waals surface area contributed by atoms with Crippen LogP contribution in [-0.2, 0) is 12.4 Å². The maximum Gasteiger partial charge on any atom is 0.416 e. The molecular formula is C43H40F6. The largest absolute Gasteiger partial charge is 0.416 e. The van der Waals surface area contributed by atoms with Crippen molar-refractivity contribution in [2.75, 3.05) is 0 Å². The first-order valence-corrected chi connectivity index (χ1v) is 16.8. The second kappa shape index (κ2) is 12.5. The number of fused-ring (bicyclic) bond motifs is 3. The third-order valence-electron chi connectivity index (χ3n) is 9.77. The van der Waals surface area contributed by atoms with Crippen molar-refractivity contribution in [3.63, 3.8) is 0 Å². The SMILES string of the molecule is CCCCC1C=C(C(C)(C)C)C=C1c1c(C)c(=C(c2cccc(C(F)(F)F)c2)c2cccc(C(F)(F)F)c2)cc2c1=Cc1cc(C)ccc1-2. The topological polar surface area (TPSA) is 0 Å². The molecule has 2 aliphatic rings. The van der Waals surface area contributed by atoms with E-state index in [0.717, 1.165) is 87.7 Å². The van der Waals surface area contributed by atoms with E-state index in [4.69, 9.17) is 0 Å². The zero-order chi connectivity index (χ0) is 35.5. The summed E-state index contributed by atoms with van der Waals surface area (Å²) in [5.41, 5.74) is 7.11. The molecule has 4 aromatic rings. The molecule has 0 heterocycles. The summed E-state index contributed by atoms with van der Waals surface area (Å²) in [5, 5.41) is 1.64. The van der Waals surface area contributed by atoms with Gasteiger partial charge in [0.05, 0.1) is 11.1 Å². The first-order chi connectivity index (χ1) is 23.0. The highest BCUT2D eigenvalue weighted by molar-refractivity contribution is 5.91. The van der Waals surface area contributed by atoms with Crippen LogP contribution in [0.2, 0.25) is 0 Å². The molecule has 0 saturated carbocycles. The third-order valence-corrected chi connectivity index (χ3v) is 9.77. The Balaban J connectivity index is 1.78. The maximum absolute atomic E-state index is 14.1. The van der Waals surface area contributed by atoms with Gasteiger partial charge in [-0.25, -0.2) is 0 Å². The number of rotatable bonds is 6. The van der Waals surface area contributed by atoms with Crippen molar-refractivity contribution < 1.29 is 26.3 Å². The van der Waals surface area contributed by atoms with Crippen molar-refractivity contribution in [2.24, 2.45) is 11.3 Å². The Hall–Kier alpha value is -4.32. The molecule has 0 nitrogen and oxygen atoms in total. The summed E-state index contributed by atoms with van der Waals surface area (Å²) in [6.45, 7) is 12.7. The minimum absolute atomic E-state index is 0.113. The molecule has 6 heteroatoms. The second-order valence-corrected chi connectivity index (χ2v) is 14.4. The van der Waals surface area contributed by atoms with Crippen LogP contribution in [0, 0.1) is 25.2 Å². The highest BCUT2D eigenvalue weighted by Gasteiger charge is 2.34. The Labute approximate surface area is 284 Å². The Morgan fingerprint density at radius 1 is 0.714 bits per heavy atom. The van der Waals surface area contributed by atoms with Crippen LogP contribution in [0.3, 0.4) is 0 Å². The monoisotopic (exact) mass is 670 g/mol. The van der Waals surface area contributed by atoms with Gasteiger partial charge in [0.25, 0.3) is 0 Å². The minimum Gasteiger partial charge on any atom is -0.166 e. The first kappa shape index (κ1) is 34.5. The molecule has 0 aliphatic heterocycles. The summed E-state index contributed by atoms with van der Waals surface area (Å²) in [5.74, 6) is 0.122. The van der Waals surface area contributed by atoms with Crippen molar-refractivity contribution in [1.29, 1.82) is 0 Å². The Morgan fingerprint density at radius 3 is 1.88 bits per heavy atom. The van der Waals surface area contributed by atoms with Crippen molar-refractivity contribution in [1.82, 2.24) is 0 Å². The number of halogens is 6. The average molecular weight is 671 g/mol. The van der Waals surface area contributed by atoms with E-state index in [1.165, 1.54) is 17.7 Å². The number of benzene rings is 4. The lowest BCUT2D eigenvalue weighted by Gasteiger charge is -2.21. The molecule has 0 saturated heterocycles. The van der Waals surface area contributed by atoms with Gasteiger partial charge >= 0.3 is 12.4 Å². The van der Waals surface area contributed by atoms with Crippen LogP contribution >= 0.6 is 0 Å². The Morgan fingerprint density at radius 2 is 1.33 bits per heavy atom. The van der Waals surface area contributed by atoms with Crippen molar-refractivity contribution >= 4 is 17.2 Å². The zero-order valence-corrected chi connectivity index (χ0v) is 28.6. The molecule has 1 atom stereocenters. The molecule has 4 aromatic carbocycles. The van der Waals surface area contributed by atoms with Gasteiger partial charge in [0, 0.05) is 5.92 Å². The van der Waals surface area contributed by atoms with Gasteiger partial charge in [0.2, 0.25) is 0 Å². The van der Waals surface area contributed by atoms with E-state index in [0.29, 0.717) is 10.8 Å².